The number of nitrogens with one attached hydrogen (secondary N) is 1. The van der Waals surface area contributed by atoms with Crippen molar-refractivity contribution in [2.45, 2.75) is 51.5 Å². The molecule has 0 aliphatic carbocycles. The van der Waals surface area contributed by atoms with Crippen LogP contribution in [0.25, 0.3) is 0 Å². The molecular formula is C16H26N4O2S. The number of nitrogens with two attached hydrogens (primary N) is 1. The third-order valence-corrected chi connectivity index (χ3v) is 5.17. The highest BCUT2D eigenvalue weighted by atomic mass is 32.1. The van der Waals surface area contributed by atoms with Crippen molar-refractivity contribution in [2.75, 3.05) is 19.6 Å². The van der Waals surface area contributed by atoms with Gasteiger partial charge in [0, 0.05) is 43.4 Å². The van der Waals surface area contributed by atoms with Gasteiger partial charge in [-0.25, -0.2) is 4.98 Å². The van der Waals surface area contributed by atoms with Crippen molar-refractivity contribution < 1.29 is 9.59 Å². The number of carbonyl (C=O) groups is 2. The summed E-state index contributed by atoms with van der Waals surface area (Å²) in [6.45, 7) is 5.71. The second kappa shape index (κ2) is 8.40. The number of carbonyl (C=O) groups excluding carboxylic acids is 2. The van der Waals surface area contributed by atoms with Gasteiger partial charge in [-0.15, -0.1) is 11.3 Å². The molecule has 6 nitrogen and oxygen atoms in total. The fourth-order valence-corrected chi connectivity index (χ4v) is 3.54. The molecular weight excluding hydrogens is 312 g/mol. The Labute approximate surface area is 141 Å². The van der Waals surface area contributed by atoms with Gasteiger partial charge in [0.05, 0.1) is 5.01 Å². The summed E-state index contributed by atoms with van der Waals surface area (Å²) >= 11 is 1.53. The van der Waals surface area contributed by atoms with Crippen LogP contribution in [0.15, 0.2) is 5.38 Å². The van der Waals surface area contributed by atoms with Crippen LogP contribution in [0.5, 0.6) is 0 Å². The molecule has 1 aliphatic heterocycles. The lowest BCUT2D eigenvalue weighted by atomic mass is 10.0. The summed E-state index contributed by atoms with van der Waals surface area (Å²) in [4.78, 5) is 30.7. The number of piperidine rings is 1. The fourth-order valence-electron chi connectivity index (χ4n) is 2.73. The fraction of sp³-hybridized carbons (Fsp3) is 0.688. The molecule has 1 aromatic rings. The summed E-state index contributed by atoms with van der Waals surface area (Å²) in [5.41, 5.74) is 5.91. The molecule has 1 saturated heterocycles. The van der Waals surface area contributed by atoms with Crippen molar-refractivity contribution in [1.29, 1.82) is 0 Å². The Kier molecular flexibility index (Phi) is 6.53. The Hall–Kier alpha value is -1.47. The largest absolute Gasteiger partial charge is 0.354 e. The van der Waals surface area contributed by atoms with Gasteiger partial charge in [-0.05, 0) is 19.3 Å². The van der Waals surface area contributed by atoms with Crippen molar-refractivity contribution >= 4 is 23.2 Å². The summed E-state index contributed by atoms with van der Waals surface area (Å²) in [7, 11) is 0. The van der Waals surface area contributed by atoms with Gasteiger partial charge < -0.3 is 16.0 Å². The van der Waals surface area contributed by atoms with Crippen LogP contribution in [0.1, 0.15) is 60.9 Å². The maximum absolute atomic E-state index is 12.8. The third kappa shape index (κ3) is 4.75. The number of rotatable bonds is 6. The maximum atomic E-state index is 12.8. The molecule has 7 heteroatoms. The Bertz CT molecular complexity index is 544. The molecule has 2 rings (SSSR count). The van der Waals surface area contributed by atoms with E-state index in [9.17, 15) is 9.59 Å². The average molecular weight is 338 g/mol. The third-order valence-electron chi connectivity index (χ3n) is 4.03. The standard InChI is InChI=1S/C16H26N4O2S/c1-11(2)15-19-13(10-23-15)16(22)20-8-4-3-5-12(20)9-18-14(21)6-7-17/h10-12H,3-9,17H2,1-2H3,(H,18,21). The highest BCUT2D eigenvalue weighted by molar-refractivity contribution is 7.09. The SMILES string of the molecule is CC(C)c1nc(C(=O)N2CCCCC2CNC(=O)CCN)cs1. The van der Waals surface area contributed by atoms with E-state index < -0.39 is 0 Å². The van der Waals surface area contributed by atoms with E-state index >= 15 is 0 Å². The maximum Gasteiger partial charge on any atom is 0.273 e. The molecule has 1 aromatic heterocycles. The van der Waals surface area contributed by atoms with Crippen molar-refractivity contribution in [3.05, 3.63) is 16.1 Å². The van der Waals surface area contributed by atoms with Crippen LogP contribution >= 0.6 is 11.3 Å². The summed E-state index contributed by atoms with van der Waals surface area (Å²) in [5, 5.41) is 5.71. The molecule has 0 spiro atoms. The van der Waals surface area contributed by atoms with E-state index in [1.807, 2.05) is 10.3 Å². The second-order valence-electron chi connectivity index (χ2n) is 6.22. The normalized spacial score (nSPS) is 18.3. The molecule has 0 radical (unpaired) electrons. The lowest BCUT2D eigenvalue weighted by Crippen LogP contribution is -2.49. The number of hydrogen-bond donors (Lipinski definition) is 2. The van der Waals surface area contributed by atoms with Gasteiger partial charge in [0.25, 0.3) is 5.91 Å². The van der Waals surface area contributed by atoms with Crippen molar-refractivity contribution in [3.8, 4) is 0 Å². The zero-order valence-corrected chi connectivity index (χ0v) is 14.7. The predicted molar refractivity (Wildman–Crippen MR) is 91.6 cm³/mol. The van der Waals surface area contributed by atoms with Gasteiger partial charge >= 0.3 is 0 Å². The average Bonchev–Trinajstić information content (AvgIpc) is 3.03. The number of nitrogens with zero attached hydrogens (tertiary/aromatic N) is 2. The zero-order valence-electron chi connectivity index (χ0n) is 13.9. The zero-order chi connectivity index (χ0) is 16.8. The van der Waals surface area contributed by atoms with Gasteiger partial charge in [0.2, 0.25) is 5.91 Å². The van der Waals surface area contributed by atoms with E-state index in [0.717, 1.165) is 30.8 Å². The van der Waals surface area contributed by atoms with Gasteiger partial charge in [-0.3, -0.25) is 9.59 Å². The van der Waals surface area contributed by atoms with Crippen LogP contribution in [0, 0.1) is 0 Å². The topological polar surface area (TPSA) is 88.3 Å². The Morgan fingerprint density at radius 2 is 2.26 bits per heavy atom. The van der Waals surface area contributed by atoms with Crippen LogP contribution in [-0.2, 0) is 4.79 Å². The summed E-state index contributed by atoms with van der Waals surface area (Å²) in [5.74, 6) is 0.251. The Balaban J connectivity index is 2.01. The molecule has 3 N–H and O–H groups in total. The van der Waals surface area contributed by atoms with E-state index in [0.29, 0.717) is 31.1 Å². The van der Waals surface area contributed by atoms with Gasteiger partial charge in [0.15, 0.2) is 0 Å². The molecule has 128 valence electrons. The first-order valence-electron chi connectivity index (χ1n) is 8.26. The summed E-state index contributed by atoms with van der Waals surface area (Å²) < 4.78 is 0. The molecule has 0 bridgehead atoms. The molecule has 1 aliphatic rings. The molecule has 2 heterocycles. The highest BCUT2D eigenvalue weighted by Crippen LogP contribution is 2.23. The van der Waals surface area contributed by atoms with Crippen molar-refractivity contribution in [1.82, 2.24) is 15.2 Å². The number of thiazole rings is 1. The minimum Gasteiger partial charge on any atom is -0.354 e. The van der Waals surface area contributed by atoms with E-state index in [4.69, 9.17) is 5.73 Å². The van der Waals surface area contributed by atoms with Crippen LogP contribution in [-0.4, -0.2) is 47.4 Å². The minimum atomic E-state index is -0.0544. The van der Waals surface area contributed by atoms with Crippen molar-refractivity contribution in [3.63, 3.8) is 0 Å². The van der Waals surface area contributed by atoms with Crippen molar-refractivity contribution in [2.24, 2.45) is 5.73 Å². The molecule has 0 aromatic carbocycles. The first-order chi connectivity index (χ1) is 11.0. The van der Waals surface area contributed by atoms with E-state index in [-0.39, 0.29) is 17.9 Å². The quantitative estimate of drug-likeness (QED) is 0.827. The second-order valence-corrected chi connectivity index (χ2v) is 7.11. The van der Waals surface area contributed by atoms with Crippen LogP contribution in [0.4, 0.5) is 0 Å². The highest BCUT2D eigenvalue weighted by Gasteiger charge is 2.29. The van der Waals surface area contributed by atoms with Gasteiger partial charge in [0.1, 0.15) is 5.69 Å². The molecule has 1 fully saturated rings. The Morgan fingerprint density at radius 3 is 2.91 bits per heavy atom. The lowest BCUT2D eigenvalue weighted by molar-refractivity contribution is -0.121. The first-order valence-corrected chi connectivity index (χ1v) is 9.14. The lowest BCUT2D eigenvalue weighted by Gasteiger charge is -2.35. The smallest absolute Gasteiger partial charge is 0.273 e. The number of aromatic nitrogens is 1. The number of likely N-dealkylation sites (tertiary alicyclic amines) is 1. The molecule has 2 amide bonds. The van der Waals surface area contributed by atoms with E-state index in [2.05, 4.69) is 24.1 Å². The first kappa shape index (κ1) is 17.9. The monoisotopic (exact) mass is 338 g/mol. The number of hydrogen-bond acceptors (Lipinski definition) is 5. The van der Waals surface area contributed by atoms with Gasteiger partial charge in [-0.1, -0.05) is 13.8 Å². The van der Waals surface area contributed by atoms with E-state index in [1.54, 1.807) is 0 Å². The molecule has 1 atom stereocenters. The Morgan fingerprint density at radius 1 is 1.48 bits per heavy atom. The van der Waals surface area contributed by atoms with Gasteiger partial charge in [-0.2, -0.15) is 0 Å². The van der Waals surface area contributed by atoms with E-state index in [1.165, 1.54) is 11.3 Å². The summed E-state index contributed by atoms with van der Waals surface area (Å²) in [6.07, 6.45) is 3.32. The molecule has 1 unspecified atom stereocenters. The number of amides is 2. The van der Waals surface area contributed by atoms with Crippen LogP contribution < -0.4 is 11.1 Å². The molecule has 23 heavy (non-hydrogen) atoms. The minimum absolute atomic E-state index is 0.0223. The predicted octanol–water partition coefficient (Wildman–Crippen LogP) is 1.73. The van der Waals surface area contributed by atoms with Crippen LogP contribution in [0.3, 0.4) is 0 Å². The van der Waals surface area contributed by atoms with Crippen LogP contribution in [0.2, 0.25) is 0 Å². The molecule has 0 saturated carbocycles. The summed E-state index contributed by atoms with van der Waals surface area (Å²) in [6, 6.07) is 0.0437.